The molecule has 0 spiro atoms. The number of aromatic amines is 1. The molecular weight excluding hydrogens is 238 g/mol. The summed E-state index contributed by atoms with van der Waals surface area (Å²) in [4.78, 5) is 35.0. The van der Waals surface area contributed by atoms with E-state index in [1.165, 1.54) is 24.3 Å². The maximum absolute atomic E-state index is 11.5. The number of aromatic nitrogens is 3. The summed E-state index contributed by atoms with van der Waals surface area (Å²) in [5.74, 6) is 0. The van der Waals surface area contributed by atoms with Gasteiger partial charge >= 0.3 is 5.69 Å². The van der Waals surface area contributed by atoms with Gasteiger partial charge in [0, 0.05) is 0 Å². The molecule has 0 atom stereocenters. The number of hydrogen-bond donors (Lipinski definition) is 1. The third kappa shape index (κ3) is 1.92. The van der Waals surface area contributed by atoms with Crippen LogP contribution in [0, 0.1) is 16.2 Å². The number of nitriles is 1. The molecule has 18 heavy (non-hydrogen) atoms. The number of H-pyrrole nitrogens is 1. The molecular formula is C10H5N5O3. The SMILES string of the molecule is N#Cc1nn(-c2cccc(N=O)c2)c(=O)[nH]c1=O. The molecule has 0 amide bonds. The van der Waals surface area contributed by atoms with Gasteiger partial charge in [-0.05, 0) is 23.4 Å². The largest absolute Gasteiger partial charge is 0.349 e. The minimum absolute atomic E-state index is 0.103. The van der Waals surface area contributed by atoms with E-state index in [0.717, 1.165) is 4.68 Å². The predicted octanol–water partition coefficient (Wildman–Crippen LogP) is 0.190. The molecule has 2 aromatic rings. The molecule has 0 unspecified atom stereocenters. The van der Waals surface area contributed by atoms with Crippen molar-refractivity contribution in [2.75, 3.05) is 0 Å². The summed E-state index contributed by atoms with van der Waals surface area (Å²) < 4.78 is 0.814. The van der Waals surface area contributed by atoms with Gasteiger partial charge < -0.3 is 0 Å². The van der Waals surface area contributed by atoms with E-state index >= 15 is 0 Å². The molecule has 0 saturated carbocycles. The monoisotopic (exact) mass is 243 g/mol. The van der Waals surface area contributed by atoms with Crippen LogP contribution in [0.5, 0.6) is 0 Å². The molecule has 0 radical (unpaired) electrons. The first-order valence-electron chi connectivity index (χ1n) is 4.73. The molecule has 0 saturated heterocycles. The van der Waals surface area contributed by atoms with Crippen molar-refractivity contribution >= 4 is 5.69 Å². The van der Waals surface area contributed by atoms with Crippen LogP contribution in [0.1, 0.15) is 5.69 Å². The molecule has 1 heterocycles. The zero-order valence-electron chi connectivity index (χ0n) is 8.82. The van der Waals surface area contributed by atoms with Crippen LogP contribution in [-0.2, 0) is 0 Å². The van der Waals surface area contributed by atoms with Crippen molar-refractivity contribution < 1.29 is 0 Å². The molecule has 1 aromatic heterocycles. The Kier molecular flexibility index (Phi) is 2.80. The molecule has 1 aromatic carbocycles. The lowest BCUT2D eigenvalue weighted by Crippen LogP contribution is -2.33. The van der Waals surface area contributed by atoms with Crippen LogP contribution in [-0.4, -0.2) is 14.8 Å². The van der Waals surface area contributed by atoms with E-state index in [1.54, 1.807) is 6.07 Å². The lowest BCUT2D eigenvalue weighted by molar-refractivity contribution is 0.740. The highest BCUT2D eigenvalue weighted by Gasteiger charge is 2.08. The minimum Gasteiger partial charge on any atom is -0.270 e. The Morgan fingerprint density at radius 3 is 2.83 bits per heavy atom. The fraction of sp³-hybridized carbons (Fsp3) is 0. The van der Waals surface area contributed by atoms with Crippen molar-refractivity contribution in [3.8, 4) is 11.8 Å². The normalized spacial score (nSPS) is 9.72. The van der Waals surface area contributed by atoms with Crippen molar-refractivity contribution in [2.45, 2.75) is 0 Å². The Hall–Kier alpha value is -3.08. The Labute approximate surface area is 99.1 Å². The molecule has 0 aliphatic heterocycles. The fourth-order valence-corrected chi connectivity index (χ4v) is 1.33. The van der Waals surface area contributed by atoms with Crippen LogP contribution >= 0.6 is 0 Å². The van der Waals surface area contributed by atoms with Gasteiger partial charge in [-0.3, -0.25) is 9.78 Å². The van der Waals surface area contributed by atoms with E-state index in [9.17, 15) is 14.5 Å². The molecule has 8 heteroatoms. The van der Waals surface area contributed by atoms with Crippen LogP contribution in [0.2, 0.25) is 0 Å². The quantitative estimate of drug-likeness (QED) is 0.754. The summed E-state index contributed by atoms with van der Waals surface area (Å²) in [6, 6.07) is 7.30. The smallest absolute Gasteiger partial charge is 0.270 e. The van der Waals surface area contributed by atoms with E-state index in [-0.39, 0.29) is 11.4 Å². The first-order chi connectivity index (χ1) is 8.65. The molecule has 0 aliphatic carbocycles. The molecule has 8 nitrogen and oxygen atoms in total. The number of nitrogens with one attached hydrogen (secondary N) is 1. The van der Waals surface area contributed by atoms with E-state index in [2.05, 4.69) is 10.3 Å². The second kappa shape index (κ2) is 4.42. The first kappa shape index (κ1) is 11.4. The lowest BCUT2D eigenvalue weighted by Gasteiger charge is -2.03. The minimum atomic E-state index is -0.858. The third-order valence-electron chi connectivity index (χ3n) is 2.11. The number of hydrogen-bond acceptors (Lipinski definition) is 6. The maximum Gasteiger partial charge on any atom is 0.349 e. The van der Waals surface area contributed by atoms with Crippen molar-refractivity contribution in [3.63, 3.8) is 0 Å². The fourth-order valence-electron chi connectivity index (χ4n) is 1.33. The highest BCUT2D eigenvalue weighted by Crippen LogP contribution is 2.14. The topological polar surface area (TPSA) is 121 Å². The summed E-state index contributed by atoms with van der Waals surface area (Å²) in [7, 11) is 0. The standard InChI is InChI=1S/C10H5N5O3/c11-5-8-9(16)12-10(17)15(13-8)7-3-1-2-6(4-7)14-18/h1-4H,(H,12,16,17). The number of nitroso groups, excluding NO2 is 1. The zero-order valence-corrected chi connectivity index (χ0v) is 8.82. The Morgan fingerprint density at radius 1 is 1.39 bits per heavy atom. The van der Waals surface area contributed by atoms with Crippen molar-refractivity contribution in [1.82, 2.24) is 14.8 Å². The summed E-state index contributed by atoms with van der Waals surface area (Å²) in [6.07, 6.45) is 0. The van der Waals surface area contributed by atoms with Crippen LogP contribution in [0.3, 0.4) is 0 Å². The summed E-state index contributed by atoms with van der Waals surface area (Å²) in [5.41, 5.74) is -1.78. The van der Waals surface area contributed by atoms with E-state index in [4.69, 9.17) is 5.26 Å². The second-order valence-corrected chi connectivity index (χ2v) is 3.24. The van der Waals surface area contributed by atoms with Gasteiger partial charge in [-0.25, -0.2) is 4.79 Å². The average molecular weight is 243 g/mol. The average Bonchev–Trinajstić information content (AvgIpc) is 2.39. The van der Waals surface area contributed by atoms with Gasteiger partial charge in [-0.2, -0.15) is 9.94 Å². The molecule has 88 valence electrons. The molecule has 1 N–H and O–H groups in total. The van der Waals surface area contributed by atoms with Gasteiger partial charge in [0.1, 0.15) is 11.8 Å². The van der Waals surface area contributed by atoms with Crippen molar-refractivity contribution in [2.24, 2.45) is 5.18 Å². The van der Waals surface area contributed by atoms with Gasteiger partial charge in [0.25, 0.3) is 5.56 Å². The number of rotatable bonds is 2. The van der Waals surface area contributed by atoms with Gasteiger partial charge in [0.15, 0.2) is 0 Å². The first-order valence-corrected chi connectivity index (χ1v) is 4.73. The zero-order chi connectivity index (χ0) is 13.1. The van der Waals surface area contributed by atoms with Gasteiger partial charge in [0.05, 0.1) is 5.69 Å². The molecule has 0 bridgehead atoms. The highest BCUT2D eigenvalue weighted by molar-refractivity contribution is 5.46. The van der Waals surface area contributed by atoms with Gasteiger partial charge in [-0.15, -0.1) is 10.0 Å². The second-order valence-electron chi connectivity index (χ2n) is 3.24. The highest BCUT2D eigenvalue weighted by atomic mass is 16.3. The van der Waals surface area contributed by atoms with E-state index in [1.807, 2.05) is 4.98 Å². The summed E-state index contributed by atoms with van der Waals surface area (Å²) in [5, 5.41) is 15.0. The third-order valence-corrected chi connectivity index (χ3v) is 2.11. The Morgan fingerprint density at radius 2 is 2.17 bits per heavy atom. The Balaban J connectivity index is 2.71. The van der Waals surface area contributed by atoms with Gasteiger partial charge in [-0.1, -0.05) is 6.07 Å². The van der Waals surface area contributed by atoms with E-state index in [0.29, 0.717) is 0 Å². The van der Waals surface area contributed by atoms with Gasteiger partial charge in [0.2, 0.25) is 5.69 Å². The lowest BCUT2D eigenvalue weighted by atomic mass is 10.3. The van der Waals surface area contributed by atoms with Crippen LogP contribution < -0.4 is 11.2 Å². The molecule has 2 rings (SSSR count). The van der Waals surface area contributed by atoms with Crippen LogP contribution in [0.4, 0.5) is 5.69 Å². The molecule has 0 aliphatic rings. The molecule has 0 fully saturated rings. The van der Waals surface area contributed by atoms with E-state index < -0.39 is 16.9 Å². The maximum atomic E-state index is 11.5. The Bertz CT molecular complexity index is 768. The summed E-state index contributed by atoms with van der Waals surface area (Å²) >= 11 is 0. The van der Waals surface area contributed by atoms with Crippen molar-refractivity contribution in [3.05, 3.63) is 55.7 Å². The van der Waals surface area contributed by atoms with Crippen LogP contribution in [0.25, 0.3) is 5.69 Å². The predicted molar refractivity (Wildman–Crippen MR) is 60.6 cm³/mol. The van der Waals surface area contributed by atoms with Crippen molar-refractivity contribution in [1.29, 1.82) is 5.26 Å². The number of nitrogens with zero attached hydrogens (tertiary/aromatic N) is 4. The number of benzene rings is 1. The van der Waals surface area contributed by atoms with Crippen LogP contribution in [0.15, 0.2) is 39.0 Å². The summed E-state index contributed by atoms with van der Waals surface area (Å²) in [6.45, 7) is 0.